The van der Waals surface area contributed by atoms with E-state index in [9.17, 15) is 22.8 Å². The predicted molar refractivity (Wildman–Crippen MR) is 104 cm³/mol. The molecule has 3 rings (SSSR count). The summed E-state index contributed by atoms with van der Waals surface area (Å²) in [4.78, 5) is 29.3. The molecule has 1 N–H and O–H groups in total. The average molecular weight is 422 g/mol. The number of halogens is 4. The molecular formula is C20H15ClF3N3O2. The Kier molecular flexibility index (Phi) is 5.74. The summed E-state index contributed by atoms with van der Waals surface area (Å²) in [5.74, 6) is -0.433. The van der Waals surface area contributed by atoms with Crippen LogP contribution in [-0.2, 0) is 17.5 Å². The second-order valence-electron chi connectivity index (χ2n) is 6.25. The van der Waals surface area contributed by atoms with E-state index in [1.807, 2.05) is 0 Å². The van der Waals surface area contributed by atoms with Crippen LogP contribution in [-0.4, -0.2) is 15.5 Å². The largest absolute Gasteiger partial charge is 0.416 e. The van der Waals surface area contributed by atoms with Crippen molar-refractivity contribution in [2.75, 3.05) is 5.32 Å². The highest BCUT2D eigenvalue weighted by Gasteiger charge is 2.31. The molecule has 1 heterocycles. The molecule has 0 saturated carbocycles. The van der Waals surface area contributed by atoms with E-state index in [2.05, 4.69) is 10.3 Å². The molecule has 5 nitrogen and oxygen atoms in total. The highest BCUT2D eigenvalue weighted by Crippen LogP contribution is 2.33. The number of alkyl halides is 3. The van der Waals surface area contributed by atoms with Crippen LogP contribution in [0.4, 0.5) is 18.9 Å². The van der Waals surface area contributed by atoms with E-state index in [0.717, 1.165) is 22.8 Å². The van der Waals surface area contributed by atoms with Gasteiger partial charge in [-0.25, -0.2) is 4.98 Å². The van der Waals surface area contributed by atoms with Crippen LogP contribution in [0.1, 0.15) is 11.3 Å². The zero-order valence-corrected chi connectivity index (χ0v) is 15.9. The van der Waals surface area contributed by atoms with Crippen LogP contribution < -0.4 is 10.9 Å². The molecule has 29 heavy (non-hydrogen) atoms. The molecule has 0 aliphatic rings. The lowest BCUT2D eigenvalue weighted by Gasteiger charge is -2.14. The van der Waals surface area contributed by atoms with Crippen molar-refractivity contribution in [1.82, 2.24) is 9.55 Å². The fourth-order valence-corrected chi connectivity index (χ4v) is 2.88. The molecule has 150 valence electrons. The number of aryl methyl sites for hydroxylation is 1. The first-order valence-corrected chi connectivity index (χ1v) is 8.83. The number of hydrogen-bond donors (Lipinski definition) is 1. The number of nitrogens with zero attached hydrogens (tertiary/aromatic N) is 2. The smallest absolute Gasteiger partial charge is 0.323 e. The van der Waals surface area contributed by atoms with Gasteiger partial charge in [0.05, 0.1) is 16.3 Å². The maximum Gasteiger partial charge on any atom is 0.416 e. The van der Waals surface area contributed by atoms with Crippen molar-refractivity contribution in [3.63, 3.8) is 0 Å². The number of carbonyl (C=O) groups is 1. The Hall–Kier alpha value is -3.13. The normalized spacial score (nSPS) is 11.3. The van der Waals surface area contributed by atoms with Crippen molar-refractivity contribution in [2.24, 2.45) is 0 Å². The monoisotopic (exact) mass is 421 g/mol. The number of anilines is 1. The minimum atomic E-state index is -4.58. The maximum atomic E-state index is 12.9. The van der Waals surface area contributed by atoms with Crippen molar-refractivity contribution >= 4 is 23.2 Å². The average Bonchev–Trinajstić information content (AvgIpc) is 2.65. The summed E-state index contributed by atoms with van der Waals surface area (Å²) in [7, 11) is 0. The number of rotatable bonds is 4. The van der Waals surface area contributed by atoms with E-state index < -0.39 is 29.8 Å². The van der Waals surface area contributed by atoms with E-state index >= 15 is 0 Å². The molecule has 0 spiro atoms. The van der Waals surface area contributed by atoms with Crippen molar-refractivity contribution in [3.05, 3.63) is 81.2 Å². The first-order valence-electron chi connectivity index (χ1n) is 8.45. The van der Waals surface area contributed by atoms with Gasteiger partial charge in [-0.15, -0.1) is 0 Å². The fraction of sp³-hybridized carbons (Fsp3) is 0.150. The number of amides is 1. The first-order chi connectivity index (χ1) is 13.6. The highest BCUT2D eigenvalue weighted by molar-refractivity contribution is 6.33. The Morgan fingerprint density at radius 3 is 2.48 bits per heavy atom. The van der Waals surface area contributed by atoms with Crippen molar-refractivity contribution in [2.45, 2.75) is 19.6 Å². The van der Waals surface area contributed by atoms with Crippen LogP contribution >= 0.6 is 11.6 Å². The number of carbonyl (C=O) groups excluding carboxylic acids is 1. The molecule has 0 unspecified atom stereocenters. The third-order valence-corrected chi connectivity index (χ3v) is 4.37. The second kappa shape index (κ2) is 8.08. The lowest BCUT2D eigenvalue weighted by atomic mass is 10.2. The van der Waals surface area contributed by atoms with Crippen molar-refractivity contribution < 1.29 is 18.0 Å². The molecule has 1 amide bonds. The Morgan fingerprint density at radius 2 is 1.83 bits per heavy atom. The van der Waals surface area contributed by atoms with Crippen LogP contribution in [0.3, 0.4) is 0 Å². The van der Waals surface area contributed by atoms with Crippen LogP contribution in [0, 0.1) is 6.92 Å². The molecule has 1 aromatic heterocycles. The molecule has 0 aliphatic carbocycles. The van der Waals surface area contributed by atoms with Gasteiger partial charge in [-0.3, -0.25) is 14.2 Å². The standard InChI is InChI=1S/C20H15ClF3N3O2/c1-12-9-18(29)27(19(25-12)13-5-3-2-4-6-13)11-17(28)26-16-10-14(20(22,23)24)7-8-15(16)21/h2-10H,11H2,1H3,(H,26,28). The summed E-state index contributed by atoms with van der Waals surface area (Å²) in [6, 6.07) is 12.7. The minimum absolute atomic E-state index is 0.0518. The van der Waals surface area contributed by atoms with Gasteiger partial charge in [-0.2, -0.15) is 13.2 Å². The van der Waals surface area contributed by atoms with Gasteiger partial charge in [-0.1, -0.05) is 41.9 Å². The topological polar surface area (TPSA) is 64.0 Å². The molecule has 3 aromatic rings. The van der Waals surface area contributed by atoms with Gasteiger partial charge in [-0.05, 0) is 25.1 Å². The molecule has 9 heteroatoms. The van der Waals surface area contributed by atoms with E-state index in [4.69, 9.17) is 11.6 Å². The Balaban J connectivity index is 1.92. The van der Waals surface area contributed by atoms with Crippen molar-refractivity contribution in [1.29, 1.82) is 0 Å². The summed E-state index contributed by atoms with van der Waals surface area (Å²) in [5, 5.41) is 2.28. The Bertz CT molecular complexity index is 1110. The number of benzene rings is 2. The van der Waals surface area contributed by atoms with Crippen LogP contribution in [0.25, 0.3) is 11.4 Å². The molecule has 0 atom stereocenters. The van der Waals surface area contributed by atoms with Gasteiger partial charge in [0.25, 0.3) is 5.56 Å². The second-order valence-corrected chi connectivity index (χ2v) is 6.66. The van der Waals surface area contributed by atoms with Gasteiger partial charge < -0.3 is 5.32 Å². The summed E-state index contributed by atoms with van der Waals surface area (Å²) in [5.41, 5.74) is -0.497. The molecule has 0 fully saturated rings. The van der Waals surface area contributed by atoms with E-state index in [0.29, 0.717) is 11.3 Å². The van der Waals surface area contributed by atoms with Gasteiger partial charge in [0.1, 0.15) is 12.4 Å². The first kappa shape index (κ1) is 20.6. The molecule has 0 aliphatic heterocycles. The van der Waals surface area contributed by atoms with E-state index in [-0.39, 0.29) is 16.5 Å². The van der Waals surface area contributed by atoms with E-state index in [1.165, 1.54) is 6.07 Å². The minimum Gasteiger partial charge on any atom is -0.323 e. The SMILES string of the molecule is Cc1cc(=O)n(CC(=O)Nc2cc(C(F)(F)F)ccc2Cl)c(-c2ccccc2)n1. The summed E-state index contributed by atoms with van der Waals surface area (Å²) in [6.07, 6.45) is -4.58. The number of hydrogen-bond acceptors (Lipinski definition) is 3. The van der Waals surface area contributed by atoms with Gasteiger partial charge in [0.15, 0.2) is 0 Å². The van der Waals surface area contributed by atoms with Crippen LogP contribution in [0.5, 0.6) is 0 Å². The van der Waals surface area contributed by atoms with Gasteiger partial charge in [0, 0.05) is 17.3 Å². The van der Waals surface area contributed by atoms with Gasteiger partial charge in [0.2, 0.25) is 5.91 Å². The highest BCUT2D eigenvalue weighted by atomic mass is 35.5. The van der Waals surface area contributed by atoms with E-state index in [1.54, 1.807) is 37.3 Å². The molecular weight excluding hydrogens is 407 g/mol. The molecule has 0 radical (unpaired) electrons. The van der Waals surface area contributed by atoms with Gasteiger partial charge >= 0.3 is 6.18 Å². The lowest BCUT2D eigenvalue weighted by Crippen LogP contribution is -2.29. The molecule has 0 saturated heterocycles. The third kappa shape index (κ3) is 4.83. The zero-order chi connectivity index (χ0) is 21.2. The van der Waals surface area contributed by atoms with Crippen LogP contribution in [0.15, 0.2) is 59.4 Å². The number of nitrogens with one attached hydrogen (secondary N) is 1. The third-order valence-electron chi connectivity index (χ3n) is 4.04. The molecule has 2 aromatic carbocycles. The maximum absolute atomic E-state index is 12.9. The predicted octanol–water partition coefficient (Wildman–Crippen LogP) is 4.53. The summed E-state index contributed by atoms with van der Waals surface area (Å²) in [6.45, 7) is 1.21. The lowest BCUT2D eigenvalue weighted by molar-refractivity contribution is -0.137. The quantitative estimate of drug-likeness (QED) is 0.673. The number of aromatic nitrogens is 2. The fourth-order valence-electron chi connectivity index (χ4n) is 2.71. The molecule has 0 bridgehead atoms. The van der Waals surface area contributed by atoms with Crippen molar-refractivity contribution in [3.8, 4) is 11.4 Å². The Labute approximate surface area is 168 Å². The zero-order valence-electron chi connectivity index (χ0n) is 15.1. The summed E-state index contributed by atoms with van der Waals surface area (Å²) < 4.78 is 39.9. The summed E-state index contributed by atoms with van der Waals surface area (Å²) >= 11 is 5.91. The Morgan fingerprint density at radius 1 is 1.14 bits per heavy atom. The van der Waals surface area contributed by atoms with Crippen LogP contribution in [0.2, 0.25) is 5.02 Å².